The van der Waals surface area contributed by atoms with Crippen LogP contribution in [-0.4, -0.2) is 24.7 Å². The van der Waals surface area contributed by atoms with Crippen LogP contribution in [0.5, 0.6) is 0 Å². The van der Waals surface area contributed by atoms with E-state index < -0.39 is 0 Å². The number of hydrogen-bond donors (Lipinski definition) is 0. The second kappa shape index (κ2) is 4.21. The minimum Gasteiger partial charge on any atom is -0.381 e. The molecule has 0 aromatic rings. The van der Waals surface area contributed by atoms with E-state index in [9.17, 15) is 0 Å². The van der Waals surface area contributed by atoms with Crippen molar-refractivity contribution in [2.45, 2.75) is 12.8 Å². The van der Waals surface area contributed by atoms with Crippen LogP contribution < -0.4 is 0 Å². The Bertz CT molecular complexity index is 32.5. The van der Waals surface area contributed by atoms with Gasteiger partial charge in [0.1, 0.15) is 0 Å². The Morgan fingerprint density at radius 1 is 1.00 bits per heavy atom. The van der Waals surface area contributed by atoms with Gasteiger partial charge in [-0.15, -0.1) is 0 Å². The van der Waals surface area contributed by atoms with Crippen LogP contribution in [0.25, 0.3) is 0 Å². The lowest BCUT2D eigenvalue weighted by molar-refractivity contribution is 0.0367. The van der Waals surface area contributed by atoms with Gasteiger partial charge in [-0.1, -0.05) is 0 Å². The predicted molar refractivity (Wildman–Crippen MR) is 37.4 cm³/mol. The van der Waals surface area contributed by atoms with E-state index in [2.05, 4.69) is 0 Å². The standard InChI is InChI=1S/C3H6O.C3H6S/c2*1-2-4-3-1/h2*1-3H2. The van der Waals surface area contributed by atoms with Gasteiger partial charge in [-0.2, -0.15) is 11.8 Å². The third kappa shape index (κ3) is 2.58. The molecule has 2 saturated heterocycles. The van der Waals surface area contributed by atoms with E-state index in [0.29, 0.717) is 0 Å². The van der Waals surface area contributed by atoms with Gasteiger partial charge in [0.2, 0.25) is 0 Å². The molecule has 0 radical (unpaired) electrons. The minimum atomic E-state index is 1.00. The lowest BCUT2D eigenvalue weighted by atomic mass is 10.4. The second-order valence-corrected chi connectivity index (χ2v) is 3.16. The van der Waals surface area contributed by atoms with Crippen LogP contribution in [0.3, 0.4) is 0 Å². The maximum atomic E-state index is 4.72. The Balaban J connectivity index is 0.0000000800. The van der Waals surface area contributed by atoms with Crippen molar-refractivity contribution >= 4 is 11.8 Å². The van der Waals surface area contributed by atoms with Gasteiger partial charge in [0.05, 0.1) is 0 Å². The summed E-state index contributed by atoms with van der Waals surface area (Å²) in [6, 6.07) is 0. The van der Waals surface area contributed by atoms with Crippen molar-refractivity contribution in [3.63, 3.8) is 0 Å². The van der Waals surface area contributed by atoms with Crippen LogP contribution in [0.15, 0.2) is 0 Å². The molecule has 0 aromatic carbocycles. The molecule has 0 unspecified atom stereocenters. The summed E-state index contributed by atoms with van der Waals surface area (Å²) in [5, 5.41) is 0. The van der Waals surface area contributed by atoms with Gasteiger partial charge in [-0.05, 0) is 24.3 Å². The van der Waals surface area contributed by atoms with E-state index >= 15 is 0 Å². The molecule has 0 amide bonds. The predicted octanol–water partition coefficient (Wildman–Crippen LogP) is 1.53. The molecule has 0 bridgehead atoms. The number of ether oxygens (including phenoxy) is 1. The highest BCUT2D eigenvalue weighted by Gasteiger charge is 1.95. The van der Waals surface area contributed by atoms with Crippen LogP contribution in [0, 0.1) is 0 Å². The smallest absolute Gasteiger partial charge is 0.0488 e. The molecule has 2 aliphatic rings. The SMILES string of the molecule is C1COC1.C1CSC1. The van der Waals surface area contributed by atoms with E-state index in [4.69, 9.17) is 4.74 Å². The lowest BCUT2D eigenvalue weighted by Gasteiger charge is -2.09. The van der Waals surface area contributed by atoms with Crippen molar-refractivity contribution < 1.29 is 4.74 Å². The van der Waals surface area contributed by atoms with Crippen LogP contribution in [0.1, 0.15) is 12.8 Å². The fourth-order valence-electron chi connectivity index (χ4n) is 0.289. The van der Waals surface area contributed by atoms with Gasteiger partial charge in [-0.25, -0.2) is 0 Å². The first-order valence-corrected chi connectivity index (χ1v) is 4.31. The summed E-state index contributed by atoms with van der Waals surface area (Å²) in [6.07, 6.45) is 2.74. The first kappa shape index (κ1) is 6.43. The third-order valence-corrected chi connectivity index (χ3v) is 2.31. The van der Waals surface area contributed by atoms with E-state index in [1.54, 1.807) is 0 Å². The van der Waals surface area contributed by atoms with Gasteiger partial charge in [-0.3, -0.25) is 0 Å². The fraction of sp³-hybridized carbons (Fsp3) is 1.00. The summed E-state index contributed by atoms with van der Waals surface area (Å²) in [6.45, 7) is 2.00. The molecule has 2 rings (SSSR count). The summed E-state index contributed by atoms with van der Waals surface area (Å²) in [4.78, 5) is 0. The quantitative estimate of drug-likeness (QED) is 0.494. The molecule has 0 aliphatic carbocycles. The van der Waals surface area contributed by atoms with Crippen LogP contribution in [0.2, 0.25) is 0 Å². The number of thioether (sulfide) groups is 1. The van der Waals surface area contributed by atoms with Gasteiger partial charge >= 0.3 is 0 Å². The number of hydrogen-bond acceptors (Lipinski definition) is 2. The highest BCUT2D eigenvalue weighted by molar-refractivity contribution is 8.00. The molecule has 2 heteroatoms. The van der Waals surface area contributed by atoms with E-state index in [-0.39, 0.29) is 0 Å². The Kier molecular flexibility index (Phi) is 3.39. The molecule has 0 spiro atoms. The second-order valence-electron chi connectivity index (χ2n) is 1.93. The minimum absolute atomic E-state index is 1.00. The topological polar surface area (TPSA) is 9.23 Å². The van der Waals surface area contributed by atoms with Crippen molar-refractivity contribution in [1.29, 1.82) is 0 Å². The molecule has 0 saturated carbocycles. The third-order valence-electron chi connectivity index (χ3n) is 1.15. The van der Waals surface area contributed by atoms with Gasteiger partial charge in [0.15, 0.2) is 0 Å². The summed E-state index contributed by atoms with van der Waals surface area (Å²) in [5.74, 6) is 2.83. The van der Waals surface area contributed by atoms with Crippen LogP contribution in [0.4, 0.5) is 0 Å². The zero-order chi connectivity index (χ0) is 5.66. The zero-order valence-corrected chi connectivity index (χ0v) is 5.88. The molecular weight excluding hydrogens is 120 g/mol. The summed E-state index contributed by atoms with van der Waals surface area (Å²) in [7, 11) is 0. The number of rotatable bonds is 0. The van der Waals surface area contributed by atoms with Crippen LogP contribution in [-0.2, 0) is 4.74 Å². The summed E-state index contributed by atoms with van der Waals surface area (Å²) < 4.78 is 4.72. The van der Waals surface area contributed by atoms with Crippen molar-refractivity contribution in [1.82, 2.24) is 0 Å². The maximum absolute atomic E-state index is 4.72. The summed E-state index contributed by atoms with van der Waals surface area (Å²) in [5.41, 5.74) is 0. The highest BCUT2D eigenvalue weighted by Crippen LogP contribution is 2.14. The van der Waals surface area contributed by atoms with E-state index in [1.165, 1.54) is 24.3 Å². The Hall–Kier alpha value is 0.310. The van der Waals surface area contributed by atoms with Crippen LogP contribution >= 0.6 is 11.8 Å². The Morgan fingerprint density at radius 2 is 1.25 bits per heavy atom. The average molecular weight is 132 g/mol. The molecule has 48 valence electrons. The monoisotopic (exact) mass is 132 g/mol. The average Bonchev–Trinajstić information content (AvgIpc) is 1.12. The Labute approximate surface area is 54.8 Å². The fourth-order valence-corrected chi connectivity index (χ4v) is 0.577. The van der Waals surface area contributed by atoms with E-state index in [1.807, 2.05) is 11.8 Å². The summed E-state index contributed by atoms with van der Waals surface area (Å²) >= 11 is 2.04. The van der Waals surface area contributed by atoms with Crippen molar-refractivity contribution in [3.8, 4) is 0 Å². The molecule has 2 aliphatic heterocycles. The molecular formula is C6H12OS. The molecule has 8 heavy (non-hydrogen) atoms. The molecule has 0 aromatic heterocycles. The van der Waals surface area contributed by atoms with Gasteiger partial charge < -0.3 is 4.74 Å². The lowest BCUT2D eigenvalue weighted by Crippen LogP contribution is -2.09. The molecule has 2 fully saturated rings. The van der Waals surface area contributed by atoms with Gasteiger partial charge in [0.25, 0.3) is 0 Å². The highest BCUT2D eigenvalue weighted by atomic mass is 32.2. The molecule has 1 nitrogen and oxygen atoms in total. The first-order chi connectivity index (χ1) is 4.00. The van der Waals surface area contributed by atoms with Gasteiger partial charge in [0, 0.05) is 13.2 Å². The Morgan fingerprint density at radius 3 is 1.25 bits per heavy atom. The molecule has 2 heterocycles. The van der Waals surface area contributed by atoms with E-state index in [0.717, 1.165) is 13.2 Å². The zero-order valence-electron chi connectivity index (χ0n) is 5.06. The normalized spacial score (nSPS) is 24.0. The van der Waals surface area contributed by atoms with Crippen molar-refractivity contribution in [2.24, 2.45) is 0 Å². The van der Waals surface area contributed by atoms with Crippen molar-refractivity contribution in [2.75, 3.05) is 24.7 Å². The van der Waals surface area contributed by atoms with Crippen molar-refractivity contribution in [3.05, 3.63) is 0 Å². The maximum Gasteiger partial charge on any atom is 0.0488 e. The first-order valence-electron chi connectivity index (χ1n) is 3.15. The molecule has 0 N–H and O–H groups in total. The largest absolute Gasteiger partial charge is 0.381 e. The molecule has 0 atom stereocenters.